The van der Waals surface area contributed by atoms with Crippen molar-refractivity contribution in [3.8, 4) is 5.75 Å². The molecular weight excluding hydrogens is 514 g/mol. The highest BCUT2D eigenvalue weighted by atomic mass is 35.5. The highest BCUT2D eigenvalue weighted by molar-refractivity contribution is 6.32. The lowest BCUT2D eigenvalue weighted by molar-refractivity contribution is -0.132. The number of hydrogen-bond acceptors (Lipinski definition) is 5. The first-order chi connectivity index (χ1) is 18.9. The number of likely N-dealkylation sites (tertiary alicyclic amines) is 1. The second kappa shape index (κ2) is 11.7. The summed E-state index contributed by atoms with van der Waals surface area (Å²) >= 11 is 5.88. The highest BCUT2D eigenvalue weighted by Gasteiger charge is 2.28. The molecule has 3 aromatic carbocycles. The summed E-state index contributed by atoms with van der Waals surface area (Å²) in [6.45, 7) is 2.98. The van der Waals surface area contributed by atoms with E-state index in [1.165, 1.54) is 23.8 Å². The molecule has 0 radical (unpaired) electrons. The number of likely N-dealkylation sites (N-methyl/N-ethyl adjacent to an activating group) is 1. The molecule has 0 bridgehead atoms. The van der Waals surface area contributed by atoms with Crippen molar-refractivity contribution in [3.63, 3.8) is 0 Å². The van der Waals surface area contributed by atoms with Crippen LogP contribution in [0.5, 0.6) is 5.75 Å². The molecule has 2 N–H and O–H groups in total. The first-order valence-electron chi connectivity index (χ1n) is 12.8. The van der Waals surface area contributed by atoms with Crippen LogP contribution in [-0.2, 0) is 17.9 Å². The number of nitrogens with zero attached hydrogens (tertiary/aromatic N) is 4. The van der Waals surface area contributed by atoms with Crippen LogP contribution >= 0.6 is 11.6 Å². The first kappa shape index (κ1) is 26.5. The predicted octanol–water partition coefficient (Wildman–Crippen LogP) is 4.50. The van der Waals surface area contributed by atoms with Gasteiger partial charge in [-0.2, -0.15) is 5.10 Å². The number of fused-ring (bicyclic) bond motifs is 1. The molecule has 200 valence electrons. The lowest BCUT2D eigenvalue weighted by atomic mass is 10.1. The minimum Gasteiger partial charge on any atom is -0.506 e. The number of hydrazone groups is 1. The molecule has 4 aromatic rings. The summed E-state index contributed by atoms with van der Waals surface area (Å²) in [5.74, 6) is -0.468. The Bertz CT molecular complexity index is 1520. The van der Waals surface area contributed by atoms with Gasteiger partial charge in [0.15, 0.2) is 0 Å². The Kier molecular flexibility index (Phi) is 7.95. The van der Waals surface area contributed by atoms with Crippen LogP contribution in [0, 0.1) is 0 Å². The second-order valence-electron chi connectivity index (χ2n) is 9.76. The fourth-order valence-electron chi connectivity index (χ4n) is 4.95. The van der Waals surface area contributed by atoms with Gasteiger partial charge in [-0.25, -0.2) is 5.43 Å². The number of benzene rings is 3. The molecule has 1 aliphatic heterocycles. The van der Waals surface area contributed by atoms with E-state index in [9.17, 15) is 14.7 Å². The molecule has 2 amide bonds. The number of halogens is 1. The van der Waals surface area contributed by atoms with Gasteiger partial charge >= 0.3 is 0 Å². The van der Waals surface area contributed by atoms with Gasteiger partial charge in [0.05, 0.1) is 11.2 Å². The number of nitrogens with one attached hydrogen (secondary N) is 1. The van der Waals surface area contributed by atoms with Gasteiger partial charge in [0.2, 0.25) is 5.91 Å². The zero-order valence-corrected chi connectivity index (χ0v) is 22.4. The van der Waals surface area contributed by atoms with E-state index in [0.29, 0.717) is 0 Å². The van der Waals surface area contributed by atoms with E-state index in [4.69, 9.17) is 11.6 Å². The molecule has 1 aromatic heterocycles. The van der Waals surface area contributed by atoms with Crippen LogP contribution in [-0.4, -0.2) is 63.7 Å². The van der Waals surface area contributed by atoms with E-state index in [0.717, 1.165) is 42.5 Å². The molecule has 5 rings (SSSR count). The molecule has 1 fully saturated rings. The summed E-state index contributed by atoms with van der Waals surface area (Å²) in [7, 11) is 1.90. The summed E-state index contributed by atoms with van der Waals surface area (Å²) < 4.78 is 1.94. The largest absolute Gasteiger partial charge is 0.506 e. The van der Waals surface area contributed by atoms with Crippen molar-refractivity contribution in [1.29, 1.82) is 0 Å². The molecule has 39 heavy (non-hydrogen) atoms. The molecule has 1 atom stereocenters. The second-order valence-corrected chi connectivity index (χ2v) is 10.2. The average molecular weight is 544 g/mol. The standard InChI is InChI=1S/C30H30ClN5O3/c1-34(24-12-14-35(19-24)18-21-6-3-2-4-7-21)29(38)20-36-15-13-25-23(8-5-9-27(25)36)17-32-33-30(39)22-10-11-28(37)26(31)16-22/h2-11,13,15-17,24,37H,12,14,18-20H2,1H3,(H,33,39). The maximum absolute atomic E-state index is 13.2. The Morgan fingerprint density at radius 2 is 1.95 bits per heavy atom. The van der Waals surface area contributed by atoms with Gasteiger partial charge in [0.1, 0.15) is 12.3 Å². The van der Waals surface area contributed by atoms with Gasteiger partial charge in [-0.05, 0) is 42.3 Å². The Labute approximate surface area is 232 Å². The summed E-state index contributed by atoms with van der Waals surface area (Å²) in [5.41, 5.74) is 5.77. The number of aromatic hydroxyl groups is 1. The number of carbonyl (C=O) groups is 2. The van der Waals surface area contributed by atoms with E-state index in [-0.39, 0.29) is 34.8 Å². The average Bonchev–Trinajstić information content (AvgIpc) is 3.58. The van der Waals surface area contributed by atoms with E-state index < -0.39 is 5.91 Å². The topological polar surface area (TPSA) is 90.2 Å². The van der Waals surface area contributed by atoms with Crippen molar-refractivity contribution in [2.24, 2.45) is 5.10 Å². The number of rotatable bonds is 8. The summed E-state index contributed by atoms with van der Waals surface area (Å²) in [5, 5.41) is 14.6. The lowest BCUT2D eigenvalue weighted by Gasteiger charge is -2.25. The van der Waals surface area contributed by atoms with Gasteiger partial charge in [0, 0.05) is 61.0 Å². The summed E-state index contributed by atoms with van der Waals surface area (Å²) in [6.07, 6.45) is 4.44. The molecule has 2 heterocycles. The van der Waals surface area contributed by atoms with Gasteiger partial charge in [-0.3, -0.25) is 14.5 Å². The molecule has 0 spiro atoms. The molecule has 8 nitrogen and oxygen atoms in total. The fourth-order valence-corrected chi connectivity index (χ4v) is 5.13. The smallest absolute Gasteiger partial charge is 0.271 e. The third kappa shape index (κ3) is 6.13. The molecule has 0 saturated carbocycles. The number of phenolic OH excluding ortho intramolecular Hbond substituents is 1. The Morgan fingerprint density at radius 3 is 2.74 bits per heavy atom. The number of aromatic nitrogens is 1. The maximum atomic E-state index is 13.2. The molecule has 9 heteroatoms. The normalized spacial score (nSPS) is 15.7. The van der Waals surface area contributed by atoms with Gasteiger partial charge in [0.25, 0.3) is 5.91 Å². The van der Waals surface area contributed by atoms with Crippen LogP contribution < -0.4 is 5.43 Å². The van der Waals surface area contributed by atoms with Gasteiger partial charge in [-0.1, -0.05) is 54.1 Å². The third-order valence-electron chi connectivity index (χ3n) is 7.17. The molecule has 1 saturated heterocycles. The number of phenols is 1. The minimum atomic E-state index is -0.444. The number of hydrogen-bond donors (Lipinski definition) is 2. The molecule has 1 aliphatic rings. The van der Waals surface area contributed by atoms with Crippen molar-refractivity contribution in [2.75, 3.05) is 20.1 Å². The molecule has 0 aliphatic carbocycles. The Hall–Kier alpha value is -4.14. The van der Waals surface area contributed by atoms with Crippen molar-refractivity contribution >= 4 is 40.5 Å². The van der Waals surface area contributed by atoms with Crippen molar-refractivity contribution in [1.82, 2.24) is 19.8 Å². The SMILES string of the molecule is CN(C(=O)Cn1ccc2c(C=NNC(=O)c3ccc(O)c(Cl)c3)cccc21)C1CCN(Cc2ccccc2)C1. The van der Waals surface area contributed by atoms with Gasteiger partial charge in [-0.15, -0.1) is 0 Å². The third-order valence-corrected chi connectivity index (χ3v) is 7.47. The Balaban J connectivity index is 1.20. The van der Waals surface area contributed by atoms with E-state index in [1.54, 1.807) is 6.21 Å². The highest BCUT2D eigenvalue weighted by Crippen LogP contribution is 2.24. The van der Waals surface area contributed by atoms with Crippen LogP contribution in [0.25, 0.3) is 10.9 Å². The van der Waals surface area contributed by atoms with E-state index >= 15 is 0 Å². The van der Waals surface area contributed by atoms with E-state index in [1.807, 2.05) is 53.0 Å². The van der Waals surface area contributed by atoms with Crippen LogP contribution in [0.15, 0.2) is 84.1 Å². The van der Waals surface area contributed by atoms with Crippen LogP contribution in [0.3, 0.4) is 0 Å². The maximum Gasteiger partial charge on any atom is 0.271 e. The van der Waals surface area contributed by atoms with Crippen molar-refractivity contribution < 1.29 is 14.7 Å². The Morgan fingerprint density at radius 1 is 1.13 bits per heavy atom. The van der Waals surface area contributed by atoms with Crippen molar-refractivity contribution in [3.05, 3.63) is 101 Å². The van der Waals surface area contributed by atoms with Crippen LogP contribution in [0.2, 0.25) is 5.02 Å². The predicted molar refractivity (Wildman–Crippen MR) is 153 cm³/mol. The first-order valence-corrected chi connectivity index (χ1v) is 13.2. The fraction of sp³-hybridized carbons (Fsp3) is 0.233. The number of amides is 2. The molecule has 1 unspecified atom stereocenters. The van der Waals surface area contributed by atoms with Gasteiger partial charge < -0.3 is 14.6 Å². The minimum absolute atomic E-state index is 0.0675. The zero-order chi connectivity index (χ0) is 27.4. The lowest BCUT2D eigenvalue weighted by Crippen LogP contribution is -2.40. The van der Waals surface area contributed by atoms with Crippen LogP contribution in [0.4, 0.5) is 0 Å². The summed E-state index contributed by atoms with van der Waals surface area (Å²) in [4.78, 5) is 29.8. The van der Waals surface area contributed by atoms with E-state index in [2.05, 4.69) is 39.7 Å². The number of carbonyl (C=O) groups excluding carboxylic acids is 2. The zero-order valence-electron chi connectivity index (χ0n) is 21.6. The van der Waals surface area contributed by atoms with Crippen LogP contribution in [0.1, 0.15) is 27.9 Å². The quantitative estimate of drug-likeness (QED) is 0.253. The molecular formula is C30H30ClN5O3. The van der Waals surface area contributed by atoms with Crippen molar-refractivity contribution in [2.45, 2.75) is 25.6 Å². The monoisotopic (exact) mass is 543 g/mol. The summed E-state index contributed by atoms with van der Waals surface area (Å²) in [6, 6.07) is 22.5.